The molecule has 3 heterocycles. The number of benzene rings is 1. The fourth-order valence-electron chi connectivity index (χ4n) is 4.10. The van der Waals surface area contributed by atoms with Gasteiger partial charge in [0.1, 0.15) is 0 Å². The molecule has 2 aromatic rings. The molecule has 0 saturated carbocycles. The van der Waals surface area contributed by atoms with Gasteiger partial charge in [-0.1, -0.05) is 12.1 Å². The van der Waals surface area contributed by atoms with E-state index < -0.39 is 0 Å². The van der Waals surface area contributed by atoms with Gasteiger partial charge in [0.2, 0.25) is 11.9 Å². The average Bonchev–Trinajstić information content (AvgIpc) is 3.01. The second-order valence-electron chi connectivity index (χ2n) is 7.51. The highest BCUT2D eigenvalue weighted by Crippen LogP contribution is 2.35. The molecule has 0 spiro atoms. The van der Waals surface area contributed by atoms with Gasteiger partial charge >= 0.3 is 0 Å². The van der Waals surface area contributed by atoms with Crippen molar-refractivity contribution in [2.45, 2.75) is 45.2 Å². The van der Waals surface area contributed by atoms with Crippen LogP contribution in [0.1, 0.15) is 36.6 Å². The maximum atomic E-state index is 11.9. The van der Waals surface area contributed by atoms with Gasteiger partial charge in [0.25, 0.3) is 0 Å². The van der Waals surface area contributed by atoms with Crippen molar-refractivity contribution in [2.24, 2.45) is 0 Å². The Labute approximate surface area is 153 Å². The molecule has 0 radical (unpaired) electrons. The second kappa shape index (κ2) is 6.06. The van der Waals surface area contributed by atoms with E-state index in [1.54, 1.807) is 0 Å². The van der Waals surface area contributed by atoms with Gasteiger partial charge in [-0.15, -0.1) is 0 Å². The van der Waals surface area contributed by atoms with Gasteiger partial charge in [0, 0.05) is 41.6 Å². The predicted octanol–water partition coefficient (Wildman–Crippen LogP) is 2.27. The van der Waals surface area contributed by atoms with E-state index in [2.05, 4.69) is 40.7 Å². The van der Waals surface area contributed by atoms with Crippen LogP contribution >= 0.6 is 0 Å². The Balaban J connectivity index is 1.60. The Morgan fingerprint density at radius 3 is 2.92 bits per heavy atom. The zero-order valence-corrected chi connectivity index (χ0v) is 15.0. The van der Waals surface area contributed by atoms with E-state index >= 15 is 0 Å². The number of hydrogen-bond acceptors (Lipinski definition) is 5. The Hall–Kier alpha value is -2.47. The molecule has 2 aliphatic heterocycles. The molecule has 6 nitrogen and oxygen atoms in total. The van der Waals surface area contributed by atoms with Crippen molar-refractivity contribution in [1.29, 1.82) is 0 Å². The van der Waals surface area contributed by atoms with Crippen LogP contribution in [-0.2, 0) is 24.2 Å². The predicted molar refractivity (Wildman–Crippen MR) is 101 cm³/mol. The zero-order valence-electron chi connectivity index (χ0n) is 15.0. The van der Waals surface area contributed by atoms with Gasteiger partial charge < -0.3 is 15.5 Å². The van der Waals surface area contributed by atoms with Crippen LogP contribution in [0.5, 0.6) is 0 Å². The third-order valence-corrected chi connectivity index (χ3v) is 5.76. The highest BCUT2D eigenvalue weighted by Gasteiger charge is 2.29. The Kier molecular flexibility index (Phi) is 3.67. The number of carbonyl (C=O) groups excluding carboxylic acids is 1. The van der Waals surface area contributed by atoms with E-state index in [1.165, 1.54) is 17.7 Å². The monoisotopic (exact) mass is 349 g/mol. The number of rotatable bonds is 2. The third kappa shape index (κ3) is 2.56. The molecule has 3 aliphatic rings. The van der Waals surface area contributed by atoms with Crippen LogP contribution in [-0.4, -0.2) is 35.0 Å². The molecule has 6 heteroatoms. The molecule has 1 amide bonds. The molecule has 1 aromatic heterocycles. The maximum absolute atomic E-state index is 11.9. The van der Waals surface area contributed by atoms with Crippen LogP contribution in [0, 0.1) is 0 Å². The fourth-order valence-corrected chi connectivity index (χ4v) is 4.10. The van der Waals surface area contributed by atoms with Crippen molar-refractivity contribution in [1.82, 2.24) is 15.3 Å². The van der Waals surface area contributed by atoms with Gasteiger partial charge in [-0.3, -0.25) is 4.79 Å². The van der Waals surface area contributed by atoms with E-state index in [1.807, 2.05) is 0 Å². The lowest BCUT2D eigenvalue weighted by Gasteiger charge is -2.39. The second-order valence-corrected chi connectivity index (χ2v) is 7.51. The molecule has 1 atom stereocenters. The summed E-state index contributed by atoms with van der Waals surface area (Å²) in [6.07, 6.45) is 4.41. The Morgan fingerprint density at radius 1 is 1.19 bits per heavy atom. The van der Waals surface area contributed by atoms with Crippen molar-refractivity contribution in [3.05, 3.63) is 35.0 Å². The number of fused-ring (bicyclic) bond motifs is 2. The molecule has 134 valence electrons. The lowest BCUT2D eigenvalue weighted by Crippen LogP contribution is -2.46. The first-order chi connectivity index (χ1) is 12.7. The fraction of sp³-hybridized carbons (Fsp3) is 0.450. The van der Waals surface area contributed by atoms with Crippen LogP contribution in [0.15, 0.2) is 18.2 Å². The summed E-state index contributed by atoms with van der Waals surface area (Å²) in [4.78, 5) is 24.0. The van der Waals surface area contributed by atoms with Crippen molar-refractivity contribution >= 4 is 17.5 Å². The van der Waals surface area contributed by atoms with Gasteiger partial charge in [-0.25, -0.2) is 9.97 Å². The number of nitrogens with one attached hydrogen (secondary N) is 2. The van der Waals surface area contributed by atoms with Crippen LogP contribution in [0.3, 0.4) is 0 Å². The molecule has 26 heavy (non-hydrogen) atoms. The molecule has 1 fully saturated rings. The minimum absolute atomic E-state index is 0.00362. The lowest BCUT2D eigenvalue weighted by molar-refractivity contribution is -0.115. The van der Waals surface area contributed by atoms with Gasteiger partial charge in [0.15, 0.2) is 0 Å². The summed E-state index contributed by atoms with van der Waals surface area (Å²) in [7, 11) is 0. The number of aromatic nitrogens is 2. The zero-order chi connectivity index (χ0) is 17.7. The highest BCUT2D eigenvalue weighted by atomic mass is 16.1. The maximum Gasteiger partial charge on any atom is 0.238 e. The van der Waals surface area contributed by atoms with Crippen LogP contribution in [0.25, 0.3) is 11.3 Å². The number of hydrogen-bond donors (Lipinski definition) is 2. The molecule has 1 aromatic carbocycles. The summed E-state index contributed by atoms with van der Waals surface area (Å²) in [5.41, 5.74) is 6.59. The first-order valence-electron chi connectivity index (χ1n) is 9.49. The van der Waals surface area contributed by atoms with E-state index in [0.717, 1.165) is 54.3 Å². The number of aryl methyl sites for hydroxylation is 1. The number of nitrogens with zero attached hydrogens (tertiary/aromatic N) is 3. The summed E-state index contributed by atoms with van der Waals surface area (Å²) in [5, 5.41) is 6.17. The number of anilines is 2. The summed E-state index contributed by atoms with van der Waals surface area (Å²) < 4.78 is 0. The summed E-state index contributed by atoms with van der Waals surface area (Å²) in [6.45, 7) is 4.31. The first kappa shape index (κ1) is 15.8. The smallest absolute Gasteiger partial charge is 0.238 e. The average molecular weight is 349 g/mol. The van der Waals surface area contributed by atoms with Crippen molar-refractivity contribution in [3.8, 4) is 11.3 Å². The normalized spacial score (nSPS) is 21.5. The molecule has 2 N–H and O–H groups in total. The number of carbonyl (C=O) groups is 1. The van der Waals surface area contributed by atoms with Crippen molar-refractivity contribution < 1.29 is 4.79 Å². The van der Waals surface area contributed by atoms with E-state index in [-0.39, 0.29) is 5.91 Å². The lowest BCUT2D eigenvalue weighted by atomic mass is 10.0. The third-order valence-electron chi connectivity index (χ3n) is 5.76. The van der Waals surface area contributed by atoms with Crippen molar-refractivity contribution in [2.75, 3.05) is 23.3 Å². The standard InChI is InChI=1S/C20H23N5O/c1-12-7-8-25(12)20-23-16-4-2-3-15(16)19(24-20)13-5-6-14-10-21-11-18(26)22-17(14)9-13/h5-6,9,12,21H,2-4,7-8,10-11H2,1H3,(H,22,26). The topological polar surface area (TPSA) is 70.2 Å². The van der Waals surface area contributed by atoms with E-state index in [4.69, 9.17) is 9.97 Å². The number of amides is 1. The van der Waals surface area contributed by atoms with Crippen LogP contribution in [0.2, 0.25) is 0 Å². The SMILES string of the molecule is CC1CCN1c1nc2c(c(-c3ccc4c(c3)NC(=O)CNC4)n1)CCC2. The van der Waals surface area contributed by atoms with Crippen LogP contribution < -0.4 is 15.5 Å². The largest absolute Gasteiger partial charge is 0.338 e. The minimum Gasteiger partial charge on any atom is -0.338 e. The highest BCUT2D eigenvalue weighted by molar-refractivity contribution is 5.94. The molecule has 1 saturated heterocycles. The molecule has 0 bridgehead atoms. The molecular weight excluding hydrogens is 326 g/mol. The molecular formula is C20H23N5O. The molecule has 1 unspecified atom stereocenters. The minimum atomic E-state index is 0.00362. The van der Waals surface area contributed by atoms with Gasteiger partial charge in [0.05, 0.1) is 12.2 Å². The molecule has 5 rings (SSSR count). The van der Waals surface area contributed by atoms with Crippen molar-refractivity contribution in [3.63, 3.8) is 0 Å². The summed E-state index contributed by atoms with van der Waals surface area (Å²) in [6, 6.07) is 6.81. The quantitative estimate of drug-likeness (QED) is 0.870. The molecule has 1 aliphatic carbocycles. The van der Waals surface area contributed by atoms with E-state index in [0.29, 0.717) is 19.1 Å². The first-order valence-corrected chi connectivity index (χ1v) is 9.49. The summed E-state index contributed by atoms with van der Waals surface area (Å²) >= 11 is 0. The van der Waals surface area contributed by atoms with E-state index in [9.17, 15) is 4.79 Å². The van der Waals surface area contributed by atoms with Gasteiger partial charge in [-0.2, -0.15) is 0 Å². The Bertz CT molecular complexity index is 894. The van der Waals surface area contributed by atoms with Crippen LogP contribution in [0.4, 0.5) is 11.6 Å². The Morgan fingerprint density at radius 2 is 2.12 bits per heavy atom. The van der Waals surface area contributed by atoms with Gasteiger partial charge in [-0.05, 0) is 44.2 Å². The summed E-state index contributed by atoms with van der Waals surface area (Å²) in [5.74, 6) is 0.865.